The molecule has 0 bridgehead atoms. The lowest BCUT2D eigenvalue weighted by Crippen LogP contribution is -1.99. The molecule has 2 heteroatoms. The molecular formula is C14H15NO. The summed E-state index contributed by atoms with van der Waals surface area (Å²) in [7, 11) is 0. The van der Waals surface area contributed by atoms with Crippen molar-refractivity contribution >= 4 is 0 Å². The van der Waals surface area contributed by atoms with Crippen LogP contribution in [0.5, 0.6) is 5.88 Å². The minimum atomic E-state index is 0.574. The number of benzene rings is 1. The molecule has 2 rings (SSSR count). The fraction of sp³-hybridized carbons (Fsp3) is 0.214. The molecule has 0 N–H and O–H groups in total. The van der Waals surface area contributed by atoms with Gasteiger partial charge in [-0.1, -0.05) is 29.8 Å². The van der Waals surface area contributed by atoms with Gasteiger partial charge in [0.2, 0.25) is 5.88 Å². The van der Waals surface area contributed by atoms with E-state index in [-0.39, 0.29) is 0 Å². The molecule has 82 valence electrons. The molecule has 0 aliphatic rings. The number of aromatic nitrogens is 1. The molecule has 1 heterocycles. The van der Waals surface area contributed by atoms with Crippen LogP contribution < -0.4 is 4.74 Å². The molecule has 0 aliphatic heterocycles. The quantitative estimate of drug-likeness (QED) is 0.780. The lowest BCUT2D eigenvalue weighted by molar-refractivity contribution is 0.293. The lowest BCUT2D eigenvalue weighted by Gasteiger charge is -2.08. The fourth-order valence-electron chi connectivity index (χ4n) is 1.54. The summed E-state index contributed by atoms with van der Waals surface area (Å²) in [6.07, 6.45) is 1.73. The topological polar surface area (TPSA) is 22.1 Å². The maximum atomic E-state index is 5.62. The van der Waals surface area contributed by atoms with E-state index in [0.29, 0.717) is 12.5 Å². The van der Waals surface area contributed by atoms with Crippen LogP contribution in [-0.2, 0) is 6.61 Å². The molecule has 0 fully saturated rings. The monoisotopic (exact) mass is 213 g/mol. The highest BCUT2D eigenvalue weighted by atomic mass is 16.5. The number of aryl methyl sites for hydroxylation is 2. The van der Waals surface area contributed by atoms with E-state index in [0.717, 1.165) is 0 Å². The molecule has 0 atom stereocenters. The second-order valence-electron chi connectivity index (χ2n) is 3.89. The van der Waals surface area contributed by atoms with Crippen LogP contribution in [0.4, 0.5) is 0 Å². The van der Waals surface area contributed by atoms with E-state index in [1.165, 1.54) is 16.7 Å². The molecule has 0 radical (unpaired) electrons. The Labute approximate surface area is 95.9 Å². The van der Waals surface area contributed by atoms with Crippen molar-refractivity contribution in [1.82, 2.24) is 4.98 Å². The van der Waals surface area contributed by atoms with Gasteiger partial charge in [-0.3, -0.25) is 0 Å². The third kappa shape index (κ3) is 2.60. The fourth-order valence-corrected chi connectivity index (χ4v) is 1.54. The van der Waals surface area contributed by atoms with Gasteiger partial charge in [-0.2, -0.15) is 0 Å². The SMILES string of the molecule is Cc1ccc(C)c(COc2ccccn2)c1. The van der Waals surface area contributed by atoms with Gasteiger partial charge >= 0.3 is 0 Å². The summed E-state index contributed by atoms with van der Waals surface area (Å²) in [5, 5.41) is 0. The highest BCUT2D eigenvalue weighted by molar-refractivity contribution is 5.30. The van der Waals surface area contributed by atoms with Gasteiger partial charge in [-0.15, -0.1) is 0 Å². The predicted molar refractivity (Wildman–Crippen MR) is 64.5 cm³/mol. The van der Waals surface area contributed by atoms with Crippen LogP contribution >= 0.6 is 0 Å². The molecule has 2 aromatic rings. The van der Waals surface area contributed by atoms with Crippen LogP contribution in [0, 0.1) is 13.8 Å². The lowest BCUT2D eigenvalue weighted by atomic mass is 10.1. The van der Waals surface area contributed by atoms with Gasteiger partial charge < -0.3 is 4.74 Å². The molecule has 0 saturated heterocycles. The smallest absolute Gasteiger partial charge is 0.213 e. The van der Waals surface area contributed by atoms with E-state index in [1.54, 1.807) is 6.20 Å². The summed E-state index contributed by atoms with van der Waals surface area (Å²) in [5.74, 6) is 0.670. The van der Waals surface area contributed by atoms with Gasteiger partial charge in [0.15, 0.2) is 0 Å². The van der Waals surface area contributed by atoms with Gasteiger partial charge in [-0.05, 0) is 31.0 Å². The second kappa shape index (κ2) is 4.79. The van der Waals surface area contributed by atoms with Crippen LogP contribution in [0.3, 0.4) is 0 Å². The minimum Gasteiger partial charge on any atom is -0.473 e. The zero-order chi connectivity index (χ0) is 11.4. The standard InChI is InChI=1S/C14H15NO/c1-11-6-7-12(2)13(9-11)10-16-14-5-3-4-8-15-14/h3-9H,10H2,1-2H3. The van der Waals surface area contributed by atoms with Crippen molar-refractivity contribution in [3.8, 4) is 5.88 Å². The first-order valence-electron chi connectivity index (χ1n) is 5.35. The molecule has 1 aromatic carbocycles. The van der Waals surface area contributed by atoms with Crippen LogP contribution in [0.1, 0.15) is 16.7 Å². The molecule has 2 nitrogen and oxygen atoms in total. The second-order valence-corrected chi connectivity index (χ2v) is 3.89. The van der Waals surface area contributed by atoms with E-state index in [2.05, 4.69) is 37.0 Å². The van der Waals surface area contributed by atoms with E-state index < -0.39 is 0 Å². The first-order chi connectivity index (χ1) is 7.75. The molecule has 0 amide bonds. The highest BCUT2D eigenvalue weighted by Crippen LogP contribution is 2.13. The van der Waals surface area contributed by atoms with Crippen LogP contribution in [0.25, 0.3) is 0 Å². The molecule has 0 aliphatic carbocycles. The van der Waals surface area contributed by atoms with Crippen molar-refractivity contribution in [3.63, 3.8) is 0 Å². The number of hydrogen-bond donors (Lipinski definition) is 0. The molecule has 16 heavy (non-hydrogen) atoms. The summed E-state index contributed by atoms with van der Waals surface area (Å²) in [4.78, 5) is 4.12. The van der Waals surface area contributed by atoms with Gasteiger partial charge in [0, 0.05) is 12.3 Å². The van der Waals surface area contributed by atoms with Crippen LogP contribution in [-0.4, -0.2) is 4.98 Å². The normalized spacial score (nSPS) is 10.1. The summed E-state index contributed by atoms with van der Waals surface area (Å²) in [6.45, 7) is 4.75. The number of pyridine rings is 1. The Morgan fingerprint density at radius 1 is 1.12 bits per heavy atom. The average Bonchev–Trinajstić information content (AvgIpc) is 2.32. The van der Waals surface area contributed by atoms with Crippen molar-refractivity contribution in [2.45, 2.75) is 20.5 Å². The Hall–Kier alpha value is -1.83. The molecule has 0 spiro atoms. The Balaban J connectivity index is 2.08. The van der Waals surface area contributed by atoms with Crippen LogP contribution in [0.2, 0.25) is 0 Å². The Bertz CT molecular complexity index is 465. The van der Waals surface area contributed by atoms with E-state index in [1.807, 2.05) is 18.2 Å². The molecule has 0 unspecified atom stereocenters. The van der Waals surface area contributed by atoms with Gasteiger partial charge in [-0.25, -0.2) is 4.98 Å². The zero-order valence-electron chi connectivity index (χ0n) is 9.60. The summed E-state index contributed by atoms with van der Waals surface area (Å²) in [5.41, 5.74) is 3.72. The Kier molecular flexibility index (Phi) is 3.20. The summed E-state index contributed by atoms with van der Waals surface area (Å²) < 4.78 is 5.62. The number of hydrogen-bond acceptors (Lipinski definition) is 2. The van der Waals surface area contributed by atoms with Crippen molar-refractivity contribution in [2.24, 2.45) is 0 Å². The third-order valence-electron chi connectivity index (χ3n) is 2.52. The summed E-state index contributed by atoms with van der Waals surface area (Å²) >= 11 is 0. The summed E-state index contributed by atoms with van der Waals surface area (Å²) in [6, 6.07) is 12.0. The number of nitrogens with zero attached hydrogens (tertiary/aromatic N) is 1. The van der Waals surface area contributed by atoms with Crippen LogP contribution in [0.15, 0.2) is 42.6 Å². The minimum absolute atomic E-state index is 0.574. The average molecular weight is 213 g/mol. The first-order valence-corrected chi connectivity index (χ1v) is 5.35. The highest BCUT2D eigenvalue weighted by Gasteiger charge is 2.00. The zero-order valence-corrected chi connectivity index (χ0v) is 9.60. The number of ether oxygens (including phenoxy) is 1. The Morgan fingerprint density at radius 3 is 2.75 bits per heavy atom. The molecule has 0 saturated carbocycles. The van der Waals surface area contributed by atoms with E-state index >= 15 is 0 Å². The van der Waals surface area contributed by atoms with Crippen molar-refractivity contribution < 1.29 is 4.74 Å². The van der Waals surface area contributed by atoms with E-state index in [9.17, 15) is 0 Å². The number of rotatable bonds is 3. The molecular weight excluding hydrogens is 198 g/mol. The third-order valence-corrected chi connectivity index (χ3v) is 2.52. The van der Waals surface area contributed by atoms with Crippen molar-refractivity contribution in [2.75, 3.05) is 0 Å². The van der Waals surface area contributed by atoms with Gasteiger partial charge in [0.05, 0.1) is 0 Å². The largest absolute Gasteiger partial charge is 0.473 e. The molecule has 1 aromatic heterocycles. The van der Waals surface area contributed by atoms with Gasteiger partial charge in [0.25, 0.3) is 0 Å². The Morgan fingerprint density at radius 2 is 2.00 bits per heavy atom. The maximum Gasteiger partial charge on any atom is 0.213 e. The van der Waals surface area contributed by atoms with E-state index in [4.69, 9.17) is 4.74 Å². The first kappa shape index (κ1) is 10.7. The van der Waals surface area contributed by atoms with Crippen molar-refractivity contribution in [3.05, 3.63) is 59.3 Å². The van der Waals surface area contributed by atoms with Crippen molar-refractivity contribution in [1.29, 1.82) is 0 Å². The predicted octanol–water partition coefficient (Wildman–Crippen LogP) is 3.28. The van der Waals surface area contributed by atoms with Gasteiger partial charge in [0.1, 0.15) is 6.61 Å². The maximum absolute atomic E-state index is 5.62.